The van der Waals surface area contributed by atoms with Gasteiger partial charge in [-0.2, -0.15) is 0 Å². The van der Waals surface area contributed by atoms with Gasteiger partial charge < -0.3 is 15.4 Å². The lowest BCUT2D eigenvalue weighted by Gasteiger charge is -2.23. The Morgan fingerprint density at radius 2 is 2.22 bits per heavy atom. The number of halogens is 1. The van der Waals surface area contributed by atoms with Crippen LogP contribution < -0.4 is 10.6 Å². The number of carbonyl (C=O) groups excluding carboxylic acids is 1. The minimum atomic E-state index is -0.0717. The maximum absolute atomic E-state index is 11.6. The Hall–Kier alpha value is -0.590. The van der Waals surface area contributed by atoms with Gasteiger partial charge in [-0.3, -0.25) is 0 Å². The second kappa shape index (κ2) is 7.11. The molecule has 1 aromatic rings. The highest BCUT2D eigenvalue weighted by Crippen LogP contribution is 2.21. The normalized spacial score (nSPS) is 16.5. The number of ether oxygens (including phenoxy) is 1. The third-order valence-electron chi connectivity index (χ3n) is 2.84. The van der Waals surface area contributed by atoms with Crippen LogP contribution in [0.2, 0.25) is 0 Å². The van der Waals surface area contributed by atoms with Gasteiger partial charge in [-0.15, -0.1) is 11.3 Å². The van der Waals surface area contributed by atoms with Crippen LogP contribution in [0.25, 0.3) is 0 Å². The van der Waals surface area contributed by atoms with Gasteiger partial charge in [0.25, 0.3) is 0 Å². The zero-order valence-electron chi connectivity index (χ0n) is 10.1. The Kier molecular flexibility index (Phi) is 5.46. The van der Waals surface area contributed by atoms with E-state index in [1.807, 2.05) is 6.07 Å². The summed E-state index contributed by atoms with van der Waals surface area (Å²) in [6.45, 7) is 2.16. The Morgan fingerprint density at radius 1 is 1.44 bits per heavy atom. The predicted molar refractivity (Wildman–Crippen MR) is 76.1 cm³/mol. The van der Waals surface area contributed by atoms with Crippen LogP contribution in [-0.2, 0) is 11.2 Å². The molecule has 1 aliphatic heterocycles. The molecule has 2 amide bonds. The Morgan fingerprint density at radius 3 is 2.89 bits per heavy atom. The average Bonchev–Trinajstić information content (AvgIpc) is 2.76. The number of hydrogen-bond acceptors (Lipinski definition) is 3. The van der Waals surface area contributed by atoms with Crippen LogP contribution in [0.4, 0.5) is 4.79 Å². The Labute approximate surface area is 119 Å². The summed E-state index contributed by atoms with van der Waals surface area (Å²) in [5.41, 5.74) is 0. The number of thiophene rings is 1. The van der Waals surface area contributed by atoms with E-state index < -0.39 is 0 Å². The highest BCUT2D eigenvalue weighted by Gasteiger charge is 2.15. The molecule has 2 heterocycles. The van der Waals surface area contributed by atoms with Crippen molar-refractivity contribution in [2.75, 3.05) is 19.8 Å². The summed E-state index contributed by atoms with van der Waals surface area (Å²) in [5.74, 6) is 0. The second-order valence-electron chi connectivity index (χ2n) is 4.24. The Balaban J connectivity index is 1.62. The van der Waals surface area contributed by atoms with E-state index >= 15 is 0 Å². The van der Waals surface area contributed by atoms with Crippen molar-refractivity contribution in [3.05, 3.63) is 20.8 Å². The van der Waals surface area contributed by atoms with Crippen molar-refractivity contribution in [2.24, 2.45) is 0 Å². The van der Waals surface area contributed by atoms with E-state index in [4.69, 9.17) is 4.74 Å². The van der Waals surface area contributed by atoms with Gasteiger partial charge in [0.05, 0.1) is 3.79 Å². The quantitative estimate of drug-likeness (QED) is 0.890. The maximum atomic E-state index is 11.6. The molecule has 2 rings (SSSR count). The van der Waals surface area contributed by atoms with E-state index in [0.29, 0.717) is 6.54 Å². The fraction of sp³-hybridized carbons (Fsp3) is 0.583. The minimum Gasteiger partial charge on any atom is -0.381 e. The molecule has 0 atom stereocenters. The fourth-order valence-corrected chi connectivity index (χ4v) is 3.35. The molecule has 0 radical (unpaired) electrons. The fourth-order valence-electron chi connectivity index (χ4n) is 1.86. The summed E-state index contributed by atoms with van der Waals surface area (Å²) < 4.78 is 6.38. The summed E-state index contributed by atoms with van der Waals surface area (Å²) in [7, 11) is 0. The molecule has 0 unspecified atom stereocenters. The van der Waals surface area contributed by atoms with Gasteiger partial charge in [0.15, 0.2) is 0 Å². The van der Waals surface area contributed by atoms with Gasteiger partial charge in [0.2, 0.25) is 0 Å². The maximum Gasteiger partial charge on any atom is 0.315 e. The predicted octanol–water partition coefficient (Wildman–Crippen LogP) is 2.53. The van der Waals surface area contributed by atoms with Crippen LogP contribution in [0, 0.1) is 0 Å². The van der Waals surface area contributed by atoms with Crippen LogP contribution in [0.15, 0.2) is 15.9 Å². The lowest BCUT2D eigenvalue weighted by atomic mass is 10.1. The van der Waals surface area contributed by atoms with Gasteiger partial charge in [0, 0.05) is 30.7 Å². The summed E-state index contributed by atoms with van der Waals surface area (Å²) in [6, 6.07) is 4.29. The number of rotatable bonds is 4. The van der Waals surface area contributed by atoms with E-state index in [0.717, 1.165) is 36.3 Å². The molecular weight excluding hydrogens is 316 g/mol. The number of hydrogen-bond donors (Lipinski definition) is 2. The molecule has 1 aliphatic rings. The van der Waals surface area contributed by atoms with Gasteiger partial charge in [-0.1, -0.05) is 0 Å². The molecular formula is C12H17BrN2O2S. The minimum absolute atomic E-state index is 0.0717. The van der Waals surface area contributed by atoms with Crippen molar-refractivity contribution in [1.29, 1.82) is 0 Å². The van der Waals surface area contributed by atoms with Gasteiger partial charge in [-0.05, 0) is 47.3 Å². The molecule has 1 fully saturated rings. The average molecular weight is 333 g/mol. The van der Waals surface area contributed by atoms with Gasteiger partial charge in [0.1, 0.15) is 0 Å². The summed E-state index contributed by atoms with van der Waals surface area (Å²) in [5, 5.41) is 5.86. The molecule has 1 saturated heterocycles. The smallest absolute Gasteiger partial charge is 0.315 e. The van der Waals surface area contributed by atoms with Crippen molar-refractivity contribution in [3.8, 4) is 0 Å². The molecule has 0 saturated carbocycles. The molecule has 1 aromatic heterocycles. The summed E-state index contributed by atoms with van der Waals surface area (Å²) in [4.78, 5) is 12.9. The highest BCUT2D eigenvalue weighted by molar-refractivity contribution is 9.11. The number of amides is 2. The van der Waals surface area contributed by atoms with Crippen LogP contribution >= 0.6 is 27.3 Å². The monoisotopic (exact) mass is 332 g/mol. The first-order valence-corrected chi connectivity index (χ1v) is 7.71. The molecule has 2 N–H and O–H groups in total. The molecule has 6 heteroatoms. The lowest BCUT2D eigenvalue weighted by Crippen LogP contribution is -2.44. The molecule has 4 nitrogen and oxygen atoms in total. The second-order valence-corrected chi connectivity index (χ2v) is 6.79. The first-order chi connectivity index (χ1) is 8.74. The van der Waals surface area contributed by atoms with Crippen LogP contribution in [-0.4, -0.2) is 31.8 Å². The molecule has 0 aliphatic carbocycles. The third kappa shape index (κ3) is 4.59. The summed E-state index contributed by atoms with van der Waals surface area (Å²) in [6.07, 6.45) is 2.69. The van der Waals surface area contributed by atoms with Gasteiger partial charge >= 0.3 is 6.03 Å². The highest BCUT2D eigenvalue weighted by atomic mass is 79.9. The zero-order valence-corrected chi connectivity index (χ0v) is 12.5. The van der Waals surface area contributed by atoms with Crippen molar-refractivity contribution in [2.45, 2.75) is 25.3 Å². The molecule has 18 heavy (non-hydrogen) atoms. The van der Waals surface area contributed by atoms with E-state index in [9.17, 15) is 4.79 Å². The van der Waals surface area contributed by atoms with Crippen molar-refractivity contribution >= 4 is 33.3 Å². The molecule has 0 spiro atoms. The zero-order chi connectivity index (χ0) is 12.8. The van der Waals surface area contributed by atoms with Crippen molar-refractivity contribution in [1.82, 2.24) is 10.6 Å². The van der Waals surface area contributed by atoms with Crippen LogP contribution in [0.1, 0.15) is 17.7 Å². The topological polar surface area (TPSA) is 50.4 Å². The van der Waals surface area contributed by atoms with E-state index in [-0.39, 0.29) is 12.1 Å². The molecule has 0 aromatic carbocycles. The summed E-state index contributed by atoms with van der Waals surface area (Å²) >= 11 is 5.13. The first-order valence-electron chi connectivity index (χ1n) is 6.10. The number of nitrogens with one attached hydrogen (secondary N) is 2. The molecule has 100 valence electrons. The Bertz CT molecular complexity index is 391. The van der Waals surface area contributed by atoms with Crippen LogP contribution in [0.3, 0.4) is 0 Å². The van der Waals surface area contributed by atoms with Crippen molar-refractivity contribution in [3.63, 3.8) is 0 Å². The van der Waals surface area contributed by atoms with Crippen LogP contribution in [0.5, 0.6) is 0 Å². The SMILES string of the molecule is O=C(NCCc1ccc(Br)s1)NC1CCOCC1. The van der Waals surface area contributed by atoms with E-state index in [1.165, 1.54) is 4.88 Å². The van der Waals surface area contributed by atoms with E-state index in [1.54, 1.807) is 11.3 Å². The van der Waals surface area contributed by atoms with Gasteiger partial charge in [-0.25, -0.2) is 4.79 Å². The standard InChI is InChI=1S/C12H17BrN2O2S/c13-11-2-1-10(18-11)3-6-14-12(16)15-9-4-7-17-8-5-9/h1-2,9H,3-8H2,(H2,14,15,16). The largest absolute Gasteiger partial charge is 0.381 e. The third-order valence-corrected chi connectivity index (χ3v) is 4.53. The number of urea groups is 1. The molecule has 0 bridgehead atoms. The number of carbonyl (C=O) groups is 1. The first kappa shape index (κ1) is 13.8. The van der Waals surface area contributed by atoms with Crippen molar-refractivity contribution < 1.29 is 9.53 Å². The van der Waals surface area contributed by atoms with E-state index in [2.05, 4.69) is 32.6 Å². The lowest BCUT2D eigenvalue weighted by molar-refractivity contribution is 0.0801.